The number of hydrogen-bond acceptors (Lipinski definition) is 4. The molecule has 1 aromatic heterocycles. The van der Waals surface area contributed by atoms with Crippen LogP contribution in [0.4, 0.5) is 0 Å². The Morgan fingerprint density at radius 1 is 1.21 bits per heavy atom. The van der Waals surface area contributed by atoms with Crippen molar-refractivity contribution in [2.75, 3.05) is 0 Å². The van der Waals surface area contributed by atoms with Crippen LogP contribution in [0.15, 0.2) is 4.52 Å². The maximum atomic E-state index is 9.85. The van der Waals surface area contributed by atoms with E-state index in [4.69, 9.17) is 4.52 Å². The quantitative estimate of drug-likeness (QED) is 0.901. The number of hydrogen-bond donors (Lipinski definition) is 1. The average Bonchev–Trinajstić information content (AvgIpc) is 2.86. The molecule has 108 valence electrons. The lowest BCUT2D eigenvalue weighted by molar-refractivity contribution is 0.129. The number of aliphatic hydroxyl groups is 1. The first-order valence-corrected chi connectivity index (χ1v) is 7.74. The predicted molar refractivity (Wildman–Crippen MR) is 74.1 cm³/mol. The van der Waals surface area contributed by atoms with Gasteiger partial charge in [0.2, 0.25) is 5.89 Å². The molecule has 1 aliphatic carbocycles. The zero-order valence-corrected chi connectivity index (χ0v) is 12.1. The van der Waals surface area contributed by atoms with Crippen LogP contribution in [-0.4, -0.2) is 21.4 Å². The van der Waals surface area contributed by atoms with Crippen LogP contribution in [0, 0.1) is 0 Å². The summed E-state index contributed by atoms with van der Waals surface area (Å²) in [4.78, 5) is 4.54. The highest BCUT2D eigenvalue weighted by Gasteiger charge is 2.24. The van der Waals surface area contributed by atoms with Gasteiger partial charge in [0.15, 0.2) is 5.82 Å². The Labute approximate surface area is 115 Å². The summed E-state index contributed by atoms with van der Waals surface area (Å²) < 4.78 is 5.35. The molecule has 4 nitrogen and oxygen atoms in total. The molecular weight excluding hydrogens is 240 g/mol. The van der Waals surface area contributed by atoms with Crippen molar-refractivity contribution in [1.29, 1.82) is 0 Å². The van der Waals surface area contributed by atoms with Crippen molar-refractivity contribution >= 4 is 0 Å². The highest BCUT2D eigenvalue weighted by Crippen LogP contribution is 2.30. The summed E-state index contributed by atoms with van der Waals surface area (Å²) in [6.07, 6.45) is 9.20. The van der Waals surface area contributed by atoms with E-state index in [-0.39, 0.29) is 5.92 Å². The summed E-state index contributed by atoms with van der Waals surface area (Å²) in [5.74, 6) is 1.82. The van der Waals surface area contributed by atoms with E-state index in [1.165, 1.54) is 44.9 Å². The molecule has 1 aliphatic rings. The molecule has 0 bridgehead atoms. The van der Waals surface area contributed by atoms with E-state index in [9.17, 15) is 5.11 Å². The van der Waals surface area contributed by atoms with Gasteiger partial charge in [0.1, 0.15) is 0 Å². The number of nitrogens with zero attached hydrogens (tertiary/aromatic N) is 2. The Morgan fingerprint density at radius 3 is 2.47 bits per heavy atom. The van der Waals surface area contributed by atoms with E-state index < -0.39 is 6.10 Å². The van der Waals surface area contributed by atoms with Gasteiger partial charge in [-0.1, -0.05) is 51.1 Å². The molecule has 0 aromatic carbocycles. The highest BCUT2D eigenvalue weighted by molar-refractivity contribution is 5.00. The summed E-state index contributed by atoms with van der Waals surface area (Å²) in [5.41, 5.74) is 0. The first kappa shape index (κ1) is 14.5. The van der Waals surface area contributed by atoms with E-state index in [1.807, 2.05) is 13.8 Å². The van der Waals surface area contributed by atoms with Crippen molar-refractivity contribution in [3.63, 3.8) is 0 Å². The Morgan fingerprint density at radius 2 is 1.84 bits per heavy atom. The molecule has 2 unspecified atom stereocenters. The van der Waals surface area contributed by atoms with Crippen LogP contribution >= 0.6 is 0 Å². The lowest BCUT2D eigenvalue weighted by Crippen LogP contribution is -2.15. The molecule has 1 saturated carbocycles. The average molecular weight is 266 g/mol. The maximum Gasteiger partial charge on any atom is 0.232 e. The lowest BCUT2D eigenvalue weighted by atomic mass is 9.91. The van der Waals surface area contributed by atoms with E-state index in [2.05, 4.69) is 10.1 Å². The van der Waals surface area contributed by atoms with E-state index in [0.717, 1.165) is 5.82 Å². The molecule has 1 N–H and O–H groups in total. The zero-order chi connectivity index (χ0) is 13.7. The third kappa shape index (κ3) is 3.78. The maximum absolute atomic E-state index is 9.85. The van der Waals surface area contributed by atoms with Crippen LogP contribution in [0.1, 0.15) is 88.8 Å². The molecule has 0 saturated heterocycles. The van der Waals surface area contributed by atoms with Crippen molar-refractivity contribution in [3.05, 3.63) is 11.7 Å². The van der Waals surface area contributed by atoms with Crippen molar-refractivity contribution < 1.29 is 9.63 Å². The third-order valence-corrected chi connectivity index (χ3v) is 4.31. The van der Waals surface area contributed by atoms with Gasteiger partial charge >= 0.3 is 0 Å². The molecular formula is C15H26N2O2. The van der Waals surface area contributed by atoms with Gasteiger partial charge in [-0.25, -0.2) is 0 Å². The third-order valence-electron chi connectivity index (χ3n) is 4.31. The fourth-order valence-corrected chi connectivity index (χ4v) is 2.83. The van der Waals surface area contributed by atoms with Crippen LogP contribution in [-0.2, 0) is 0 Å². The highest BCUT2D eigenvalue weighted by atomic mass is 16.5. The lowest BCUT2D eigenvalue weighted by Gasteiger charge is -2.16. The molecule has 19 heavy (non-hydrogen) atoms. The smallest absolute Gasteiger partial charge is 0.232 e. The molecule has 0 radical (unpaired) electrons. The fourth-order valence-electron chi connectivity index (χ4n) is 2.83. The van der Waals surface area contributed by atoms with Crippen molar-refractivity contribution in [2.24, 2.45) is 0 Å². The number of rotatable bonds is 4. The minimum atomic E-state index is -0.398. The molecule has 2 rings (SSSR count). The molecule has 0 spiro atoms. The molecule has 1 heterocycles. The molecule has 1 aromatic rings. The van der Waals surface area contributed by atoms with E-state index >= 15 is 0 Å². The summed E-state index contributed by atoms with van der Waals surface area (Å²) in [5, 5.41) is 14.0. The minimum absolute atomic E-state index is 0.0696. The Kier molecular flexibility index (Phi) is 5.37. The Balaban J connectivity index is 2.02. The number of aliphatic hydroxyl groups excluding tert-OH is 1. The summed E-state index contributed by atoms with van der Waals surface area (Å²) in [7, 11) is 0. The topological polar surface area (TPSA) is 59.2 Å². The second-order valence-electron chi connectivity index (χ2n) is 5.80. The van der Waals surface area contributed by atoms with E-state index in [1.54, 1.807) is 0 Å². The number of aromatic nitrogens is 2. The summed E-state index contributed by atoms with van der Waals surface area (Å²) in [6.45, 7) is 3.91. The monoisotopic (exact) mass is 266 g/mol. The Bertz CT molecular complexity index is 370. The van der Waals surface area contributed by atoms with Crippen molar-refractivity contribution in [2.45, 2.75) is 83.2 Å². The molecule has 0 amide bonds. The molecule has 0 aliphatic heterocycles. The standard InChI is InChI=1S/C15H26N2O2/c1-3-13(18)11(2)15-16-14(17-19-15)12-9-7-5-4-6-8-10-12/h11-13,18H,3-10H2,1-2H3. The van der Waals surface area contributed by atoms with Gasteiger partial charge in [0.05, 0.1) is 12.0 Å². The first-order valence-electron chi connectivity index (χ1n) is 7.74. The normalized spacial score (nSPS) is 21.6. The van der Waals surface area contributed by atoms with Gasteiger partial charge in [-0.2, -0.15) is 4.98 Å². The van der Waals surface area contributed by atoms with Crippen molar-refractivity contribution in [1.82, 2.24) is 10.1 Å². The molecule has 1 fully saturated rings. The van der Waals surface area contributed by atoms with Gasteiger partial charge in [0.25, 0.3) is 0 Å². The largest absolute Gasteiger partial charge is 0.392 e. The van der Waals surface area contributed by atoms with Crippen molar-refractivity contribution in [3.8, 4) is 0 Å². The second kappa shape index (κ2) is 7.04. The predicted octanol–water partition coefficient (Wildman–Crippen LogP) is 3.77. The van der Waals surface area contributed by atoms with Gasteiger partial charge < -0.3 is 9.63 Å². The van der Waals surface area contributed by atoms with Crippen LogP contribution in [0.3, 0.4) is 0 Å². The molecule has 4 heteroatoms. The minimum Gasteiger partial charge on any atom is -0.392 e. The van der Waals surface area contributed by atoms with Crippen LogP contribution in [0.2, 0.25) is 0 Å². The van der Waals surface area contributed by atoms with E-state index in [0.29, 0.717) is 18.2 Å². The SMILES string of the molecule is CCC(O)C(C)c1nc(C2CCCCCCC2)no1. The van der Waals surface area contributed by atoms with Gasteiger partial charge in [-0.15, -0.1) is 0 Å². The molecule has 2 atom stereocenters. The Hall–Kier alpha value is -0.900. The van der Waals surface area contributed by atoms with Gasteiger partial charge in [-0.05, 0) is 19.3 Å². The zero-order valence-electron chi connectivity index (χ0n) is 12.1. The van der Waals surface area contributed by atoms with Gasteiger partial charge in [0, 0.05) is 5.92 Å². The van der Waals surface area contributed by atoms with Crippen LogP contribution in [0.25, 0.3) is 0 Å². The van der Waals surface area contributed by atoms with Crippen LogP contribution < -0.4 is 0 Å². The fraction of sp³-hybridized carbons (Fsp3) is 0.867. The second-order valence-corrected chi connectivity index (χ2v) is 5.80. The van der Waals surface area contributed by atoms with Gasteiger partial charge in [-0.3, -0.25) is 0 Å². The van der Waals surface area contributed by atoms with Crippen LogP contribution in [0.5, 0.6) is 0 Å². The summed E-state index contributed by atoms with van der Waals surface area (Å²) >= 11 is 0. The first-order chi connectivity index (χ1) is 9.22. The summed E-state index contributed by atoms with van der Waals surface area (Å²) in [6, 6.07) is 0.